The third kappa shape index (κ3) is 6.77. The minimum Gasteiger partial charge on any atom is -0.481 e. The molecule has 0 spiro atoms. The molecular weight excluding hydrogens is 438 g/mol. The maximum atomic E-state index is 13.4. The van der Waals surface area contributed by atoms with E-state index in [4.69, 9.17) is 9.47 Å². The highest BCUT2D eigenvalue weighted by molar-refractivity contribution is 5.87. The molecule has 1 aromatic rings. The number of carboxylic acid groups (broad SMARTS) is 1. The van der Waals surface area contributed by atoms with Gasteiger partial charge < -0.3 is 30.1 Å². The number of nitrogens with one attached hydrogen (secondary N) is 2. The van der Waals surface area contributed by atoms with Gasteiger partial charge in [-0.3, -0.25) is 9.59 Å². The van der Waals surface area contributed by atoms with Gasteiger partial charge in [0, 0.05) is 13.1 Å². The highest BCUT2D eigenvalue weighted by atomic mass is 16.7. The number of carbonyl (C=O) groups is 3. The number of nitrogens with zero attached hydrogens (tertiary/aromatic N) is 1. The third-order valence-corrected chi connectivity index (χ3v) is 6.60. The minimum atomic E-state index is -1.04. The molecular formula is C25H35N3O6. The highest BCUT2D eigenvalue weighted by Crippen LogP contribution is 2.35. The Morgan fingerprint density at radius 3 is 2.35 bits per heavy atom. The van der Waals surface area contributed by atoms with E-state index < -0.39 is 24.1 Å². The van der Waals surface area contributed by atoms with Crippen LogP contribution in [0.5, 0.6) is 11.5 Å². The fourth-order valence-corrected chi connectivity index (χ4v) is 4.28. The normalized spacial score (nSPS) is 18.1. The van der Waals surface area contributed by atoms with Crippen LogP contribution in [0.25, 0.3) is 0 Å². The maximum absolute atomic E-state index is 13.4. The Morgan fingerprint density at radius 2 is 1.74 bits per heavy atom. The van der Waals surface area contributed by atoms with Crippen LogP contribution in [0.15, 0.2) is 18.2 Å². The minimum absolute atomic E-state index is 0.0275. The first-order valence-corrected chi connectivity index (χ1v) is 12.4. The summed E-state index contributed by atoms with van der Waals surface area (Å²) in [5, 5.41) is 15.0. The van der Waals surface area contributed by atoms with Crippen LogP contribution in [-0.4, -0.2) is 53.8 Å². The Bertz CT molecular complexity index is 885. The summed E-state index contributed by atoms with van der Waals surface area (Å²) in [5.74, 6) is 1.19. The van der Waals surface area contributed by atoms with Gasteiger partial charge in [-0.15, -0.1) is 0 Å². The molecule has 3 N–H and O–H groups in total. The number of aliphatic carboxylic acids is 1. The second kappa shape index (κ2) is 11.0. The first-order valence-electron chi connectivity index (χ1n) is 12.4. The second-order valence-corrected chi connectivity index (χ2v) is 9.71. The van der Waals surface area contributed by atoms with Crippen LogP contribution in [0.3, 0.4) is 0 Å². The number of hydrogen-bond acceptors (Lipinski definition) is 5. The van der Waals surface area contributed by atoms with Gasteiger partial charge in [0.25, 0.3) is 0 Å². The van der Waals surface area contributed by atoms with Crippen LogP contribution in [0.2, 0.25) is 0 Å². The molecule has 2 fully saturated rings. The fraction of sp³-hybridized carbons (Fsp3) is 0.640. The third-order valence-electron chi connectivity index (χ3n) is 6.60. The van der Waals surface area contributed by atoms with Gasteiger partial charge in [-0.1, -0.05) is 25.8 Å². The zero-order valence-corrected chi connectivity index (χ0v) is 19.8. The van der Waals surface area contributed by atoms with Gasteiger partial charge in [-0.25, -0.2) is 4.79 Å². The molecule has 186 valence electrons. The molecule has 1 heterocycles. The zero-order valence-electron chi connectivity index (χ0n) is 19.8. The molecule has 0 saturated heterocycles. The number of rotatable bonds is 13. The quantitative estimate of drug-likeness (QED) is 0.404. The molecule has 9 heteroatoms. The van der Waals surface area contributed by atoms with Crippen molar-refractivity contribution >= 4 is 17.9 Å². The predicted molar refractivity (Wildman–Crippen MR) is 125 cm³/mol. The number of hydrogen-bond donors (Lipinski definition) is 3. The topological polar surface area (TPSA) is 117 Å². The van der Waals surface area contributed by atoms with Crippen molar-refractivity contribution in [2.75, 3.05) is 19.9 Å². The van der Waals surface area contributed by atoms with Crippen molar-refractivity contribution in [2.45, 2.75) is 70.4 Å². The van der Waals surface area contributed by atoms with Crippen molar-refractivity contribution in [2.24, 2.45) is 11.8 Å². The van der Waals surface area contributed by atoms with Gasteiger partial charge >= 0.3 is 12.0 Å². The number of carbonyl (C=O) groups excluding carboxylic acids is 2. The molecule has 34 heavy (non-hydrogen) atoms. The van der Waals surface area contributed by atoms with Crippen LogP contribution >= 0.6 is 0 Å². The molecule has 9 nitrogen and oxygen atoms in total. The molecule has 0 radical (unpaired) electrons. The van der Waals surface area contributed by atoms with E-state index >= 15 is 0 Å². The standard InChI is InChI=1S/C25H35N3O6/c1-2-3-4-19(24(31)28(13-16-5-6-16)14-17-7-8-17)26-25(32)27-20(12-23(29)30)18-9-10-21-22(11-18)34-15-33-21/h9-11,16-17,19-20H,2-8,12-15H2,1H3,(H,29,30)(H2,26,27,32)/t19?,20-/m0/s1. The van der Waals surface area contributed by atoms with Crippen LogP contribution in [-0.2, 0) is 9.59 Å². The lowest BCUT2D eigenvalue weighted by Crippen LogP contribution is -2.52. The van der Waals surface area contributed by atoms with Crippen molar-refractivity contribution < 1.29 is 29.0 Å². The summed E-state index contributed by atoms with van der Waals surface area (Å²) >= 11 is 0. The smallest absolute Gasteiger partial charge is 0.315 e. The molecule has 2 aliphatic carbocycles. The Morgan fingerprint density at radius 1 is 1.06 bits per heavy atom. The second-order valence-electron chi connectivity index (χ2n) is 9.71. The maximum Gasteiger partial charge on any atom is 0.315 e. The summed E-state index contributed by atoms with van der Waals surface area (Å²) in [6, 6.07) is 3.16. The lowest BCUT2D eigenvalue weighted by molar-refractivity contribution is -0.137. The number of amides is 3. The number of fused-ring (bicyclic) bond motifs is 1. The number of unbranched alkanes of at least 4 members (excludes halogenated alkanes) is 1. The summed E-state index contributed by atoms with van der Waals surface area (Å²) in [5.41, 5.74) is 0.599. The average molecular weight is 474 g/mol. The SMILES string of the molecule is CCCCC(NC(=O)N[C@@H](CC(=O)O)c1ccc2c(c1)OCO2)C(=O)N(CC1CC1)CC1CC1. The molecule has 4 rings (SSSR count). The summed E-state index contributed by atoms with van der Waals surface area (Å²) in [6.07, 6.45) is 6.64. The summed E-state index contributed by atoms with van der Waals surface area (Å²) in [6.45, 7) is 3.69. The van der Waals surface area contributed by atoms with Crippen LogP contribution in [0.1, 0.15) is 69.9 Å². The molecule has 1 unspecified atom stereocenters. The van der Waals surface area contributed by atoms with Crippen LogP contribution in [0, 0.1) is 11.8 Å². The lowest BCUT2D eigenvalue weighted by Gasteiger charge is -2.29. The molecule has 1 aromatic carbocycles. The Hall–Kier alpha value is -2.97. The van der Waals surface area contributed by atoms with Gasteiger partial charge in [0.15, 0.2) is 11.5 Å². The number of ether oxygens (including phenoxy) is 2. The van der Waals surface area contributed by atoms with Crippen molar-refractivity contribution in [3.63, 3.8) is 0 Å². The zero-order chi connectivity index (χ0) is 24.1. The largest absolute Gasteiger partial charge is 0.481 e. The van der Waals surface area contributed by atoms with E-state index in [0.29, 0.717) is 35.3 Å². The predicted octanol–water partition coefficient (Wildman–Crippen LogP) is 3.44. The van der Waals surface area contributed by atoms with Crippen LogP contribution < -0.4 is 20.1 Å². The van der Waals surface area contributed by atoms with E-state index in [1.54, 1.807) is 18.2 Å². The highest BCUT2D eigenvalue weighted by Gasteiger charge is 2.35. The van der Waals surface area contributed by atoms with Crippen LogP contribution in [0.4, 0.5) is 4.79 Å². The van der Waals surface area contributed by atoms with Gasteiger partial charge in [-0.05, 0) is 61.6 Å². The number of benzene rings is 1. The monoisotopic (exact) mass is 473 g/mol. The van der Waals surface area contributed by atoms with Crippen molar-refractivity contribution in [1.29, 1.82) is 0 Å². The van der Waals surface area contributed by atoms with E-state index in [1.807, 2.05) is 4.90 Å². The molecule has 3 amide bonds. The molecule has 3 aliphatic rings. The summed E-state index contributed by atoms with van der Waals surface area (Å²) in [7, 11) is 0. The molecule has 0 aromatic heterocycles. The summed E-state index contributed by atoms with van der Waals surface area (Å²) < 4.78 is 10.7. The fourth-order valence-electron chi connectivity index (χ4n) is 4.28. The van der Waals surface area contributed by atoms with E-state index in [1.165, 1.54) is 0 Å². The van der Waals surface area contributed by atoms with E-state index in [-0.39, 0.29) is 19.1 Å². The Kier molecular flexibility index (Phi) is 7.80. The van der Waals surface area contributed by atoms with E-state index in [0.717, 1.165) is 51.6 Å². The summed E-state index contributed by atoms with van der Waals surface area (Å²) in [4.78, 5) is 39.8. The number of urea groups is 1. The van der Waals surface area contributed by atoms with Crippen molar-refractivity contribution in [1.82, 2.24) is 15.5 Å². The lowest BCUT2D eigenvalue weighted by atomic mass is 10.0. The Labute approximate surface area is 200 Å². The van der Waals surface area contributed by atoms with Gasteiger partial charge in [0.1, 0.15) is 6.04 Å². The van der Waals surface area contributed by atoms with E-state index in [9.17, 15) is 19.5 Å². The molecule has 1 aliphatic heterocycles. The molecule has 2 atom stereocenters. The molecule has 0 bridgehead atoms. The van der Waals surface area contributed by atoms with Gasteiger partial charge in [0.05, 0.1) is 12.5 Å². The van der Waals surface area contributed by atoms with Gasteiger partial charge in [-0.2, -0.15) is 0 Å². The first-order chi connectivity index (χ1) is 16.4. The Balaban J connectivity index is 1.43. The van der Waals surface area contributed by atoms with E-state index in [2.05, 4.69) is 17.6 Å². The number of carboxylic acids is 1. The van der Waals surface area contributed by atoms with Crippen molar-refractivity contribution in [3.05, 3.63) is 23.8 Å². The first kappa shape index (κ1) is 24.2. The average Bonchev–Trinajstić information content (AvgIpc) is 3.74. The molecule has 2 saturated carbocycles. The van der Waals surface area contributed by atoms with Crippen molar-refractivity contribution in [3.8, 4) is 11.5 Å². The van der Waals surface area contributed by atoms with Gasteiger partial charge in [0.2, 0.25) is 12.7 Å².